The van der Waals surface area contributed by atoms with E-state index in [1.807, 2.05) is 30.3 Å². The van der Waals surface area contributed by atoms with Crippen molar-refractivity contribution in [1.29, 1.82) is 0 Å². The molecule has 0 atom stereocenters. The normalized spacial score (nSPS) is 13.8. The molecule has 0 unspecified atom stereocenters. The molecule has 10 aromatic rings. The Morgan fingerprint density at radius 2 is 1.29 bits per heavy atom. The molecule has 0 saturated carbocycles. The van der Waals surface area contributed by atoms with Gasteiger partial charge in [-0.1, -0.05) is 111 Å². The van der Waals surface area contributed by atoms with Gasteiger partial charge in [-0.3, -0.25) is 4.57 Å². The summed E-state index contributed by atoms with van der Waals surface area (Å²) in [5.41, 5.74) is 11.7. The molecule has 4 aromatic heterocycles. The van der Waals surface area contributed by atoms with Gasteiger partial charge in [-0.25, -0.2) is 9.97 Å². The summed E-state index contributed by atoms with van der Waals surface area (Å²) in [6.45, 7) is 4.63. The Morgan fingerprint density at radius 1 is 0.583 bits per heavy atom. The van der Waals surface area contributed by atoms with E-state index in [4.69, 9.17) is 18.8 Å². The van der Waals surface area contributed by atoms with Gasteiger partial charge in [-0.2, -0.15) is 0 Å². The van der Waals surface area contributed by atoms with Gasteiger partial charge in [-0.05, 0) is 41.5 Å². The van der Waals surface area contributed by atoms with Crippen LogP contribution in [-0.4, -0.2) is 14.5 Å². The van der Waals surface area contributed by atoms with Crippen molar-refractivity contribution in [3.8, 4) is 28.3 Å². The number of benzene rings is 6. The maximum absolute atomic E-state index is 6.64. The first-order valence-electron chi connectivity index (χ1n) is 16.3. The van der Waals surface area contributed by atoms with Crippen molar-refractivity contribution >= 4 is 65.8 Å². The van der Waals surface area contributed by atoms with E-state index in [0.717, 1.165) is 77.4 Å². The molecule has 5 heteroatoms. The van der Waals surface area contributed by atoms with Gasteiger partial charge in [0.2, 0.25) is 5.71 Å². The molecule has 5 heterocycles. The van der Waals surface area contributed by atoms with E-state index >= 15 is 0 Å². The molecule has 11 rings (SSSR count). The van der Waals surface area contributed by atoms with Crippen molar-refractivity contribution in [1.82, 2.24) is 14.5 Å². The average Bonchev–Trinajstić information content (AvgIpc) is 3.79. The Bertz CT molecular complexity index is 2990. The molecule has 0 radical (unpaired) electrons. The lowest BCUT2D eigenvalue weighted by molar-refractivity contribution is 0.612. The second kappa shape index (κ2) is 8.99. The molecule has 6 aromatic carbocycles. The van der Waals surface area contributed by atoms with Crippen LogP contribution in [0.4, 0.5) is 0 Å². The van der Waals surface area contributed by atoms with Crippen LogP contribution in [0, 0.1) is 0 Å². The van der Waals surface area contributed by atoms with Crippen molar-refractivity contribution in [2.75, 3.05) is 0 Å². The third-order valence-electron chi connectivity index (χ3n) is 10.4. The predicted molar refractivity (Wildman–Crippen MR) is 194 cm³/mol. The zero-order valence-corrected chi connectivity index (χ0v) is 26.3. The van der Waals surface area contributed by atoms with Crippen LogP contribution < -0.4 is 0 Å². The molecule has 0 N–H and O–H groups in total. The molecule has 0 fully saturated rings. The average molecular weight is 618 g/mol. The van der Waals surface area contributed by atoms with Crippen LogP contribution in [0.15, 0.2) is 136 Å². The highest BCUT2D eigenvalue weighted by atomic mass is 16.3. The van der Waals surface area contributed by atoms with Gasteiger partial charge < -0.3 is 8.83 Å². The standard InChI is InChI=1S/C43H27N3O2/c1-43(2)31-22-21-24(23-34(31)46-39-29(15-10-17-32(39)43)37-28-13-5-8-20-36(28)48-42(37)46)41-44-33-18-6-3-12-27(33)38(45-41)30-16-9-14-26-25-11-4-7-19-35(25)47-40(26)30/h3-23H,1-2H3. The molecule has 0 saturated heterocycles. The molecule has 1 aliphatic heterocycles. The number of nitrogens with zero attached hydrogens (tertiary/aromatic N) is 3. The number of hydrogen-bond acceptors (Lipinski definition) is 4. The highest BCUT2D eigenvalue weighted by Crippen LogP contribution is 2.50. The van der Waals surface area contributed by atoms with Crippen LogP contribution in [0.2, 0.25) is 0 Å². The van der Waals surface area contributed by atoms with Crippen molar-refractivity contribution in [3.05, 3.63) is 139 Å². The van der Waals surface area contributed by atoms with E-state index in [9.17, 15) is 0 Å². The molecular formula is C43H27N3O2. The van der Waals surface area contributed by atoms with E-state index in [-0.39, 0.29) is 5.41 Å². The number of rotatable bonds is 2. The van der Waals surface area contributed by atoms with E-state index < -0.39 is 0 Å². The molecule has 0 bridgehead atoms. The molecule has 226 valence electrons. The SMILES string of the molecule is CC1(C)c2ccc(-c3nc(-c4cccc5c4oc4ccccc45)c4ccccc4n3)cc2-n2c3oc4ccccc4c3c3cccc1c32. The van der Waals surface area contributed by atoms with Crippen molar-refractivity contribution in [2.45, 2.75) is 19.3 Å². The molecule has 0 spiro atoms. The maximum Gasteiger partial charge on any atom is 0.213 e. The quantitative estimate of drug-likeness (QED) is 0.194. The fourth-order valence-corrected chi connectivity index (χ4v) is 8.15. The Balaban J connectivity index is 1.20. The molecular weight excluding hydrogens is 590 g/mol. The Hall–Kier alpha value is -6.20. The first-order valence-corrected chi connectivity index (χ1v) is 16.3. The highest BCUT2D eigenvalue weighted by molar-refractivity contribution is 6.21. The highest BCUT2D eigenvalue weighted by Gasteiger charge is 2.36. The number of fused-ring (bicyclic) bond motifs is 11. The Labute approximate surface area is 274 Å². The van der Waals surface area contributed by atoms with E-state index in [2.05, 4.69) is 115 Å². The van der Waals surface area contributed by atoms with Crippen LogP contribution in [-0.2, 0) is 5.41 Å². The smallest absolute Gasteiger partial charge is 0.213 e. The van der Waals surface area contributed by atoms with Gasteiger partial charge >= 0.3 is 0 Å². The molecule has 1 aliphatic rings. The van der Waals surface area contributed by atoms with Crippen LogP contribution in [0.5, 0.6) is 0 Å². The van der Waals surface area contributed by atoms with Crippen molar-refractivity contribution in [3.63, 3.8) is 0 Å². The fourth-order valence-electron chi connectivity index (χ4n) is 8.15. The van der Waals surface area contributed by atoms with Crippen molar-refractivity contribution in [2.24, 2.45) is 0 Å². The molecule has 0 aliphatic carbocycles. The van der Waals surface area contributed by atoms with E-state index in [1.165, 1.54) is 22.0 Å². The molecule has 0 amide bonds. The third kappa shape index (κ3) is 3.25. The summed E-state index contributed by atoms with van der Waals surface area (Å²) in [6.07, 6.45) is 0. The van der Waals surface area contributed by atoms with Crippen LogP contribution >= 0.6 is 0 Å². The third-order valence-corrected chi connectivity index (χ3v) is 10.4. The van der Waals surface area contributed by atoms with Gasteiger partial charge in [-0.15, -0.1) is 0 Å². The van der Waals surface area contributed by atoms with Gasteiger partial charge in [0, 0.05) is 43.5 Å². The van der Waals surface area contributed by atoms with Gasteiger partial charge in [0.1, 0.15) is 16.7 Å². The van der Waals surface area contributed by atoms with Gasteiger partial charge in [0.05, 0.1) is 27.8 Å². The van der Waals surface area contributed by atoms with E-state index in [1.54, 1.807) is 0 Å². The number of furan rings is 2. The zero-order chi connectivity index (χ0) is 31.7. The summed E-state index contributed by atoms with van der Waals surface area (Å²) < 4.78 is 15.4. The van der Waals surface area contributed by atoms with Crippen LogP contribution in [0.1, 0.15) is 25.0 Å². The fraction of sp³-hybridized carbons (Fsp3) is 0.0698. The summed E-state index contributed by atoms with van der Waals surface area (Å²) >= 11 is 0. The predicted octanol–water partition coefficient (Wildman–Crippen LogP) is 11.3. The van der Waals surface area contributed by atoms with E-state index in [0.29, 0.717) is 5.82 Å². The lowest BCUT2D eigenvalue weighted by Gasteiger charge is -2.34. The number of para-hydroxylation sites is 5. The minimum Gasteiger partial charge on any atom is -0.455 e. The first kappa shape index (κ1) is 25.9. The minimum atomic E-state index is -0.221. The lowest BCUT2D eigenvalue weighted by Crippen LogP contribution is -2.26. The van der Waals surface area contributed by atoms with Gasteiger partial charge in [0.15, 0.2) is 5.82 Å². The lowest BCUT2D eigenvalue weighted by atomic mass is 9.74. The van der Waals surface area contributed by atoms with Crippen LogP contribution in [0.25, 0.3) is 94.1 Å². The van der Waals surface area contributed by atoms with Gasteiger partial charge in [0.25, 0.3) is 0 Å². The Kier molecular flexibility index (Phi) is 4.86. The second-order valence-corrected chi connectivity index (χ2v) is 13.4. The summed E-state index contributed by atoms with van der Waals surface area (Å²) in [4.78, 5) is 10.5. The minimum absolute atomic E-state index is 0.221. The summed E-state index contributed by atoms with van der Waals surface area (Å²) in [7, 11) is 0. The summed E-state index contributed by atoms with van der Waals surface area (Å²) in [6, 6.07) is 44.4. The number of hydrogen-bond donors (Lipinski definition) is 0. The first-order chi connectivity index (χ1) is 23.6. The Morgan fingerprint density at radius 3 is 2.17 bits per heavy atom. The topological polar surface area (TPSA) is 57.0 Å². The molecule has 5 nitrogen and oxygen atoms in total. The summed E-state index contributed by atoms with van der Waals surface area (Å²) in [5.74, 6) is 0.667. The maximum atomic E-state index is 6.64. The monoisotopic (exact) mass is 617 g/mol. The summed E-state index contributed by atoms with van der Waals surface area (Å²) in [5, 5.41) is 6.65. The number of aromatic nitrogens is 3. The largest absolute Gasteiger partial charge is 0.455 e. The molecule has 48 heavy (non-hydrogen) atoms. The second-order valence-electron chi connectivity index (χ2n) is 13.4. The zero-order valence-electron chi connectivity index (χ0n) is 26.3. The van der Waals surface area contributed by atoms with Crippen LogP contribution in [0.3, 0.4) is 0 Å². The van der Waals surface area contributed by atoms with Crippen molar-refractivity contribution < 1.29 is 8.83 Å².